The molecule has 3 aromatic rings. The highest BCUT2D eigenvalue weighted by Crippen LogP contribution is 2.26. The first-order valence-corrected chi connectivity index (χ1v) is 8.77. The van der Waals surface area contributed by atoms with Gasteiger partial charge in [-0.3, -0.25) is 0 Å². The van der Waals surface area contributed by atoms with E-state index in [1.807, 2.05) is 12.1 Å². The van der Waals surface area contributed by atoms with Crippen LogP contribution in [0.2, 0.25) is 0 Å². The minimum absolute atomic E-state index is 0.533. The molecule has 0 unspecified atom stereocenters. The molecule has 6 heteroatoms. The zero-order chi connectivity index (χ0) is 17.9. The maximum absolute atomic E-state index is 9.04. The first kappa shape index (κ1) is 16.2. The molecule has 1 saturated heterocycles. The topological polar surface area (TPSA) is 69.8 Å². The third-order valence-corrected chi connectivity index (χ3v) is 4.52. The lowest BCUT2D eigenvalue weighted by molar-refractivity contribution is 0.881. The summed E-state index contributed by atoms with van der Waals surface area (Å²) in [5, 5.41) is 16.8. The lowest BCUT2D eigenvalue weighted by Crippen LogP contribution is -2.17. The quantitative estimate of drug-likeness (QED) is 0.780. The fraction of sp³-hybridized carbons (Fsp3) is 0.250. The molecule has 1 fully saturated rings. The zero-order valence-electron chi connectivity index (χ0n) is 14.7. The Morgan fingerprint density at radius 2 is 1.92 bits per heavy atom. The molecule has 0 atom stereocenters. The number of aromatic nitrogens is 3. The normalized spacial score (nSPS) is 13.6. The second-order valence-electron chi connectivity index (χ2n) is 6.55. The van der Waals surface area contributed by atoms with Crippen molar-refractivity contribution in [1.82, 2.24) is 14.8 Å². The highest BCUT2D eigenvalue weighted by Gasteiger charge is 2.13. The van der Waals surface area contributed by atoms with Gasteiger partial charge in [-0.05, 0) is 61.7 Å². The smallest absolute Gasteiger partial charge is 0.246 e. The van der Waals surface area contributed by atoms with Crippen molar-refractivity contribution in [2.45, 2.75) is 19.8 Å². The largest absolute Gasteiger partial charge is 0.371 e. The van der Waals surface area contributed by atoms with E-state index >= 15 is 0 Å². The molecule has 1 aromatic heterocycles. The van der Waals surface area contributed by atoms with Crippen LogP contribution in [0.4, 0.5) is 17.3 Å². The van der Waals surface area contributed by atoms with Gasteiger partial charge in [0, 0.05) is 24.5 Å². The van der Waals surface area contributed by atoms with Crippen molar-refractivity contribution in [2.24, 2.45) is 0 Å². The van der Waals surface area contributed by atoms with Gasteiger partial charge in [-0.15, -0.1) is 5.10 Å². The molecule has 0 bridgehead atoms. The summed E-state index contributed by atoms with van der Waals surface area (Å²) in [7, 11) is 0. The van der Waals surface area contributed by atoms with Crippen molar-refractivity contribution < 1.29 is 0 Å². The number of rotatable bonds is 4. The van der Waals surface area contributed by atoms with Gasteiger partial charge in [-0.2, -0.15) is 10.2 Å². The second-order valence-corrected chi connectivity index (χ2v) is 6.55. The molecule has 1 aliphatic heterocycles. The third kappa shape index (κ3) is 3.38. The summed E-state index contributed by atoms with van der Waals surface area (Å²) in [5.74, 6) is 0.533. The molecule has 4 rings (SSSR count). The highest BCUT2D eigenvalue weighted by molar-refractivity contribution is 5.64. The van der Waals surface area contributed by atoms with Crippen LogP contribution in [0.5, 0.6) is 0 Å². The third-order valence-electron chi connectivity index (χ3n) is 4.52. The first-order chi connectivity index (χ1) is 12.7. The van der Waals surface area contributed by atoms with Gasteiger partial charge in [-0.1, -0.05) is 6.07 Å². The SMILES string of the molecule is Cc1cc(Nc2ncn(-c3cccc(C#N)c3)n2)cc(N2CCCC2)c1. The van der Waals surface area contributed by atoms with Crippen molar-refractivity contribution in [3.8, 4) is 11.8 Å². The lowest BCUT2D eigenvalue weighted by atomic mass is 10.2. The van der Waals surface area contributed by atoms with Gasteiger partial charge in [0.1, 0.15) is 6.33 Å². The molecule has 26 heavy (non-hydrogen) atoms. The van der Waals surface area contributed by atoms with Crippen LogP contribution >= 0.6 is 0 Å². The Labute approximate surface area is 152 Å². The molecule has 0 radical (unpaired) electrons. The summed E-state index contributed by atoms with van der Waals surface area (Å²) < 4.78 is 1.67. The van der Waals surface area contributed by atoms with Crippen LogP contribution < -0.4 is 10.2 Å². The molecule has 1 N–H and O–H groups in total. The first-order valence-electron chi connectivity index (χ1n) is 8.77. The molecule has 1 aliphatic rings. The highest BCUT2D eigenvalue weighted by atomic mass is 15.4. The lowest BCUT2D eigenvalue weighted by Gasteiger charge is -2.19. The number of hydrogen-bond acceptors (Lipinski definition) is 5. The van der Waals surface area contributed by atoms with E-state index in [1.54, 1.807) is 23.1 Å². The van der Waals surface area contributed by atoms with Gasteiger partial charge in [0.25, 0.3) is 0 Å². The van der Waals surface area contributed by atoms with E-state index in [-0.39, 0.29) is 0 Å². The predicted octanol–water partition coefficient (Wildman–Crippen LogP) is 3.79. The van der Waals surface area contributed by atoms with Crippen molar-refractivity contribution in [2.75, 3.05) is 23.3 Å². The molecule has 6 nitrogen and oxygen atoms in total. The Morgan fingerprint density at radius 1 is 1.08 bits per heavy atom. The standard InChI is InChI=1S/C20H20N6/c1-15-9-17(12-19(10-15)25-7-2-3-8-25)23-20-22-14-26(24-20)18-6-4-5-16(11-18)13-21/h4-6,9-12,14H,2-3,7-8H2,1H3,(H,23,24). The molecule has 130 valence electrons. The van der Waals surface area contributed by atoms with Gasteiger partial charge in [0.15, 0.2) is 0 Å². The van der Waals surface area contributed by atoms with E-state index in [4.69, 9.17) is 5.26 Å². The Hall–Kier alpha value is -3.33. The summed E-state index contributed by atoms with van der Waals surface area (Å²) in [5.41, 5.74) is 4.84. The molecule has 0 spiro atoms. The minimum atomic E-state index is 0.533. The minimum Gasteiger partial charge on any atom is -0.371 e. The van der Waals surface area contributed by atoms with Gasteiger partial charge in [0.05, 0.1) is 17.3 Å². The second kappa shape index (κ2) is 6.89. The number of benzene rings is 2. The van der Waals surface area contributed by atoms with Crippen LogP contribution in [-0.4, -0.2) is 27.9 Å². The van der Waals surface area contributed by atoms with E-state index in [2.05, 4.69) is 51.5 Å². The molecular weight excluding hydrogens is 324 g/mol. The van der Waals surface area contributed by atoms with Crippen molar-refractivity contribution in [3.63, 3.8) is 0 Å². The average Bonchev–Trinajstić information content (AvgIpc) is 3.33. The van der Waals surface area contributed by atoms with Crippen LogP contribution in [-0.2, 0) is 0 Å². The molecule has 0 saturated carbocycles. The molecular formula is C20H20N6. The summed E-state index contributed by atoms with van der Waals surface area (Å²) in [6.07, 6.45) is 4.16. The fourth-order valence-corrected chi connectivity index (χ4v) is 3.28. The number of anilines is 3. The van der Waals surface area contributed by atoms with Crippen LogP contribution in [0.1, 0.15) is 24.0 Å². The maximum atomic E-state index is 9.04. The number of nitriles is 1. The zero-order valence-corrected chi connectivity index (χ0v) is 14.7. The summed E-state index contributed by atoms with van der Waals surface area (Å²) in [6.45, 7) is 4.33. The molecule has 0 amide bonds. The van der Waals surface area contributed by atoms with E-state index in [9.17, 15) is 0 Å². The number of nitrogens with one attached hydrogen (secondary N) is 1. The van der Waals surface area contributed by atoms with E-state index < -0.39 is 0 Å². The molecule has 2 heterocycles. The fourth-order valence-electron chi connectivity index (χ4n) is 3.28. The molecule has 0 aliphatic carbocycles. The monoisotopic (exact) mass is 344 g/mol. The summed E-state index contributed by atoms with van der Waals surface area (Å²) in [4.78, 5) is 6.76. The van der Waals surface area contributed by atoms with Gasteiger partial charge >= 0.3 is 0 Å². The summed E-state index contributed by atoms with van der Waals surface area (Å²) in [6, 6.07) is 15.9. The predicted molar refractivity (Wildman–Crippen MR) is 102 cm³/mol. The average molecular weight is 344 g/mol. The van der Waals surface area contributed by atoms with Crippen molar-refractivity contribution >= 4 is 17.3 Å². The Balaban J connectivity index is 1.56. The van der Waals surface area contributed by atoms with Crippen LogP contribution in [0, 0.1) is 18.3 Å². The number of aryl methyl sites for hydroxylation is 1. The van der Waals surface area contributed by atoms with Crippen molar-refractivity contribution in [3.05, 3.63) is 59.9 Å². The van der Waals surface area contributed by atoms with Gasteiger partial charge in [0.2, 0.25) is 5.95 Å². The number of nitrogens with zero attached hydrogens (tertiary/aromatic N) is 5. The van der Waals surface area contributed by atoms with E-state index in [1.165, 1.54) is 24.1 Å². The maximum Gasteiger partial charge on any atom is 0.246 e. The Morgan fingerprint density at radius 3 is 2.73 bits per heavy atom. The Kier molecular flexibility index (Phi) is 4.28. The molecule has 2 aromatic carbocycles. The van der Waals surface area contributed by atoms with Gasteiger partial charge < -0.3 is 10.2 Å². The Bertz CT molecular complexity index is 962. The number of hydrogen-bond donors (Lipinski definition) is 1. The van der Waals surface area contributed by atoms with Gasteiger partial charge in [-0.25, -0.2) is 4.68 Å². The van der Waals surface area contributed by atoms with E-state index in [0.717, 1.165) is 24.5 Å². The van der Waals surface area contributed by atoms with Crippen LogP contribution in [0.25, 0.3) is 5.69 Å². The summed E-state index contributed by atoms with van der Waals surface area (Å²) >= 11 is 0. The van der Waals surface area contributed by atoms with E-state index in [0.29, 0.717) is 11.5 Å². The van der Waals surface area contributed by atoms with Crippen molar-refractivity contribution in [1.29, 1.82) is 5.26 Å². The van der Waals surface area contributed by atoms with Crippen LogP contribution in [0.15, 0.2) is 48.8 Å². The van der Waals surface area contributed by atoms with Crippen LogP contribution in [0.3, 0.4) is 0 Å².